The first-order valence-corrected chi connectivity index (χ1v) is 9.93. The Kier molecular flexibility index (Phi) is 7.02. The number of fused-ring (bicyclic) bond motifs is 1. The lowest BCUT2D eigenvalue weighted by molar-refractivity contribution is -0.137. The van der Waals surface area contributed by atoms with Crippen molar-refractivity contribution in [3.63, 3.8) is 0 Å². The van der Waals surface area contributed by atoms with Gasteiger partial charge < -0.3 is 9.80 Å². The Labute approximate surface area is 183 Å². The molecular formula is C22H22ClF3N4O. The van der Waals surface area contributed by atoms with Crippen LogP contribution in [0.4, 0.5) is 13.2 Å². The van der Waals surface area contributed by atoms with E-state index in [1.165, 1.54) is 17.0 Å². The molecule has 0 saturated carbocycles. The third-order valence-electron chi connectivity index (χ3n) is 4.66. The maximum atomic E-state index is 13.0. The third-order valence-corrected chi connectivity index (χ3v) is 4.94. The van der Waals surface area contributed by atoms with Crippen LogP contribution in [-0.4, -0.2) is 52.3 Å². The van der Waals surface area contributed by atoms with Crippen LogP contribution in [0.2, 0.25) is 5.15 Å². The van der Waals surface area contributed by atoms with Crippen LogP contribution in [0.3, 0.4) is 0 Å². The predicted octanol–water partition coefficient (Wildman–Crippen LogP) is 4.61. The zero-order valence-corrected chi connectivity index (χ0v) is 17.9. The first-order chi connectivity index (χ1) is 14.6. The van der Waals surface area contributed by atoms with E-state index < -0.39 is 11.7 Å². The highest BCUT2D eigenvalue weighted by molar-refractivity contribution is 6.31. The number of alkyl halides is 3. The Bertz CT molecular complexity index is 1090. The average molecular weight is 451 g/mol. The van der Waals surface area contributed by atoms with Gasteiger partial charge in [0.05, 0.1) is 11.3 Å². The van der Waals surface area contributed by atoms with Crippen LogP contribution in [0.5, 0.6) is 0 Å². The van der Waals surface area contributed by atoms with E-state index in [0.717, 1.165) is 12.1 Å². The quantitative estimate of drug-likeness (QED) is 0.493. The number of hydrogen-bond acceptors (Lipinski definition) is 3. The Morgan fingerprint density at radius 3 is 2.65 bits per heavy atom. The van der Waals surface area contributed by atoms with Crippen LogP contribution in [-0.2, 0) is 17.5 Å². The molecule has 0 spiro atoms. The number of pyridine rings is 1. The minimum absolute atomic E-state index is 0.0574. The first kappa shape index (κ1) is 22.8. The SMILES string of the molecule is CN(C)CCN(Cc1cccc(C(F)(F)F)c1)C(=O)/C=C/c1c(Cl)nc2ccccn12. The van der Waals surface area contributed by atoms with Crippen molar-refractivity contribution in [2.45, 2.75) is 12.7 Å². The lowest BCUT2D eigenvalue weighted by Crippen LogP contribution is -2.35. The fourth-order valence-electron chi connectivity index (χ4n) is 3.05. The molecule has 0 unspecified atom stereocenters. The van der Waals surface area contributed by atoms with Gasteiger partial charge in [0.15, 0.2) is 5.15 Å². The van der Waals surface area contributed by atoms with Crippen LogP contribution in [0, 0.1) is 0 Å². The lowest BCUT2D eigenvalue weighted by atomic mass is 10.1. The van der Waals surface area contributed by atoms with E-state index in [0.29, 0.717) is 30.0 Å². The maximum Gasteiger partial charge on any atom is 0.416 e. The van der Waals surface area contributed by atoms with Gasteiger partial charge in [-0.15, -0.1) is 0 Å². The van der Waals surface area contributed by atoms with E-state index in [-0.39, 0.29) is 17.6 Å². The predicted molar refractivity (Wildman–Crippen MR) is 115 cm³/mol. The molecule has 0 N–H and O–H groups in total. The Balaban J connectivity index is 1.83. The van der Waals surface area contributed by atoms with Crippen molar-refractivity contribution in [1.29, 1.82) is 0 Å². The van der Waals surface area contributed by atoms with Crippen molar-refractivity contribution >= 4 is 29.2 Å². The summed E-state index contributed by atoms with van der Waals surface area (Å²) in [5.41, 5.74) is 0.867. The molecule has 2 aromatic heterocycles. The van der Waals surface area contributed by atoms with Crippen molar-refractivity contribution < 1.29 is 18.0 Å². The summed E-state index contributed by atoms with van der Waals surface area (Å²) >= 11 is 6.20. The summed E-state index contributed by atoms with van der Waals surface area (Å²) in [7, 11) is 3.72. The molecule has 0 atom stereocenters. The molecule has 2 heterocycles. The number of aromatic nitrogens is 2. The number of amides is 1. The molecule has 3 aromatic rings. The molecule has 3 rings (SSSR count). The van der Waals surface area contributed by atoms with Gasteiger partial charge in [0.1, 0.15) is 5.65 Å². The molecule has 0 aliphatic carbocycles. The summed E-state index contributed by atoms with van der Waals surface area (Å²) < 4.78 is 40.9. The fraction of sp³-hybridized carbons (Fsp3) is 0.273. The fourth-order valence-corrected chi connectivity index (χ4v) is 3.29. The van der Waals surface area contributed by atoms with E-state index >= 15 is 0 Å². The summed E-state index contributed by atoms with van der Waals surface area (Å²) in [6.07, 6.45) is 0.282. The van der Waals surface area contributed by atoms with Gasteiger partial charge in [-0.3, -0.25) is 9.20 Å². The second-order valence-corrected chi connectivity index (χ2v) is 7.67. The highest BCUT2D eigenvalue weighted by atomic mass is 35.5. The lowest BCUT2D eigenvalue weighted by Gasteiger charge is -2.23. The van der Waals surface area contributed by atoms with Gasteiger partial charge in [0.25, 0.3) is 0 Å². The molecule has 1 amide bonds. The summed E-state index contributed by atoms with van der Waals surface area (Å²) in [5, 5.41) is 0.257. The number of carbonyl (C=O) groups is 1. The van der Waals surface area contributed by atoms with Crippen LogP contribution >= 0.6 is 11.6 Å². The van der Waals surface area contributed by atoms with Crippen LogP contribution < -0.4 is 0 Å². The zero-order chi connectivity index (χ0) is 22.6. The molecule has 5 nitrogen and oxygen atoms in total. The molecule has 0 saturated heterocycles. The summed E-state index contributed by atoms with van der Waals surface area (Å²) in [6, 6.07) is 10.5. The summed E-state index contributed by atoms with van der Waals surface area (Å²) in [5.74, 6) is -0.332. The van der Waals surface area contributed by atoms with Crippen molar-refractivity contribution in [3.05, 3.63) is 76.7 Å². The topological polar surface area (TPSA) is 40.8 Å². The number of hydrogen-bond donors (Lipinski definition) is 0. The monoisotopic (exact) mass is 450 g/mol. The van der Waals surface area contributed by atoms with Crippen LogP contribution in [0.1, 0.15) is 16.8 Å². The molecule has 0 fully saturated rings. The number of imidazole rings is 1. The van der Waals surface area contributed by atoms with Crippen molar-refractivity contribution in [3.8, 4) is 0 Å². The van der Waals surface area contributed by atoms with E-state index in [1.54, 1.807) is 28.8 Å². The van der Waals surface area contributed by atoms with Gasteiger partial charge in [-0.25, -0.2) is 4.98 Å². The van der Waals surface area contributed by atoms with Crippen molar-refractivity contribution in [2.24, 2.45) is 0 Å². The minimum Gasteiger partial charge on any atom is -0.334 e. The molecule has 1 aromatic carbocycles. The van der Waals surface area contributed by atoms with Crippen LogP contribution in [0.25, 0.3) is 11.7 Å². The number of nitrogens with zero attached hydrogens (tertiary/aromatic N) is 4. The van der Waals surface area contributed by atoms with Crippen molar-refractivity contribution in [2.75, 3.05) is 27.2 Å². The minimum atomic E-state index is -4.44. The van der Waals surface area contributed by atoms with E-state index in [9.17, 15) is 18.0 Å². The Hall–Kier alpha value is -2.84. The second kappa shape index (κ2) is 9.53. The molecule has 0 aliphatic heterocycles. The molecule has 31 heavy (non-hydrogen) atoms. The zero-order valence-electron chi connectivity index (χ0n) is 17.1. The molecule has 164 valence electrons. The highest BCUT2D eigenvalue weighted by Gasteiger charge is 2.30. The van der Waals surface area contributed by atoms with Gasteiger partial charge in [0, 0.05) is 31.9 Å². The van der Waals surface area contributed by atoms with Gasteiger partial charge >= 0.3 is 6.18 Å². The van der Waals surface area contributed by atoms with E-state index in [2.05, 4.69) is 4.98 Å². The van der Waals surface area contributed by atoms with E-state index in [1.807, 2.05) is 31.1 Å². The largest absolute Gasteiger partial charge is 0.416 e. The van der Waals surface area contributed by atoms with Crippen LogP contribution in [0.15, 0.2) is 54.7 Å². The summed E-state index contributed by atoms with van der Waals surface area (Å²) in [6.45, 7) is 0.976. The highest BCUT2D eigenvalue weighted by Crippen LogP contribution is 2.29. The molecule has 9 heteroatoms. The number of benzene rings is 1. The van der Waals surface area contributed by atoms with Gasteiger partial charge in [-0.1, -0.05) is 29.8 Å². The molecule has 0 aliphatic rings. The van der Waals surface area contributed by atoms with Gasteiger partial charge in [-0.05, 0) is 50.0 Å². The average Bonchev–Trinajstić information content (AvgIpc) is 3.03. The van der Waals surface area contributed by atoms with E-state index in [4.69, 9.17) is 11.6 Å². The number of halogens is 4. The normalized spacial score (nSPS) is 12.2. The third kappa shape index (κ3) is 5.86. The molecular weight excluding hydrogens is 429 g/mol. The Morgan fingerprint density at radius 1 is 1.16 bits per heavy atom. The smallest absolute Gasteiger partial charge is 0.334 e. The van der Waals surface area contributed by atoms with Crippen molar-refractivity contribution in [1.82, 2.24) is 19.2 Å². The van der Waals surface area contributed by atoms with Gasteiger partial charge in [0.2, 0.25) is 5.91 Å². The maximum absolute atomic E-state index is 13.0. The number of likely N-dealkylation sites (N-methyl/N-ethyl adjacent to an activating group) is 1. The molecule has 0 radical (unpaired) electrons. The standard InChI is InChI=1S/C22H22ClF3N4O/c1-28(2)12-13-29(15-16-6-5-7-17(14-16)22(24,25)26)20(31)10-9-18-21(23)27-19-8-3-4-11-30(18)19/h3-11,14H,12-13,15H2,1-2H3/b10-9+. The first-order valence-electron chi connectivity index (χ1n) is 9.55. The number of rotatable bonds is 7. The Morgan fingerprint density at radius 2 is 1.94 bits per heavy atom. The number of carbonyl (C=O) groups excluding carboxylic acids is 1. The summed E-state index contributed by atoms with van der Waals surface area (Å²) in [4.78, 5) is 20.5. The second-order valence-electron chi connectivity index (χ2n) is 7.31. The molecule has 0 bridgehead atoms. The van der Waals surface area contributed by atoms with Gasteiger partial charge in [-0.2, -0.15) is 13.2 Å².